The molecule has 1 amide bonds. The van der Waals surface area contributed by atoms with Gasteiger partial charge in [0.2, 0.25) is 0 Å². The number of ether oxygens (including phenoxy) is 2. The maximum absolute atomic E-state index is 14.9. The molecule has 5 rings (SSSR count). The van der Waals surface area contributed by atoms with Crippen LogP contribution in [0.3, 0.4) is 0 Å². The van der Waals surface area contributed by atoms with E-state index in [0.717, 1.165) is 16.6 Å². The van der Waals surface area contributed by atoms with Crippen molar-refractivity contribution < 1.29 is 23.0 Å². The van der Waals surface area contributed by atoms with Crippen molar-refractivity contribution in [3.63, 3.8) is 0 Å². The van der Waals surface area contributed by atoms with Gasteiger partial charge in [0.1, 0.15) is 29.8 Å². The first-order valence-electron chi connectivity index (χ1n) is 10.6. The number of carbonyl (C=O) groups is 1. The molecule has 0 unspecified atom stereocenters. The van der Waals surface area contributed by atoms with Crippen molar-refractivity contribution >= 4 is 33.1 Å². The van der Waals surface area contributed by atoms with Gasteiger partial charge in [0.15, 0.2) is 0 Å². The molecule has 3 aromatic carbocycles. The fourth-order valence-electron chi connectivity index (χ4n) is 4.38. The maximum Gasteiger partial charge on any atom is 0.408 e. The lowest BCUT2D eigenvalue weighted by atomic mass is 9.92. The second-order valence-electron chi connectivity index (χ2n) is 8.01. The highest BCUT2D eigenvalue weighted by atomic mass is 79.9. The topological polar surface area (TPSA) is 65.4 Å². The summed E-state index contributed by atoms with van der Waals surface area (Å²) in [5.74, 6) is -0.863. The molecule has 0 spiro atoms. The molecule has 2 atom stereocenters. The average molecular weight is 528 g/mol. The van der Waals surface area contributed by atoms with Gasteiger partial charge in [-0.25, -0.2) is 18.6 Å². The minimum absolute atomic E-state index is 0.0324. The number of amides is 1. The fourth-order valence-corrected chi connectivity index (χ4v) is 4.78. The van der Waals surface area contributed by atoms with Gasteiger partial charge in [-0.05, 0) is 42.0 Å². The average Bonchev–Trinajstić information content (AvgIpc) is 3.34. The first-order valence-corrected chi connectivity index (χ1v) is 11.4. The minimum atomic E-state index is -0.777. The Morgan fingerprint density at radius 3 is 2.56 bits per heavy atom. The highest BCUT2D eigenvalue weighted by Crippen LogP contribution is 2.42. The van der Waals surface area contributed by atoms with Crippen molar-refractivity contribution in [3.05, 3.63) is 93.7 Å². The van der Waals surface area contributed by atoms with E-state index < -0.39 is 29.7 Å². The van der Waals surface area contributed by atoms with E-state index in [1.54, 1.807) is 31.4 Å². The van der Waals surface area contributed by atoms with Crippen LogP contribution in [0.2, 0.25) is 0 Å². The van der Waals surface area contributed by atoms with Gasteiger partial charge in [0.05, 0.1) is 24.2 Å². The van der Waals surface area contributed by atoms with Crippen LogP contribution >= 0.6 is 15.9 Å². The SMILES string of the molecule is COc1ccc(COC(=O)N[C@@H]2c3nc4ccccc4n3C[C@H]2c2c(F)cc(Br)cc2F)cc1. The van der Waals surface area contributed by atoms with Crippen LogP contribution in [0.15, 0.2) is 65.1 Å². The minimum Gasteiger partial charge on any atom is -0.497 e. The number of benzene rings is 3. The Hall–Kier alpha value is -3.46. The van der Waals surface area contributed by atoms with Gasteiger partial charge in [0, 0.05) is 22.5 Å². The molecule has 2 heterocycles. The van der Waals surface area contributed by atoms with Crippen LogP contribution in [0.5, 0.6) is 5.75 Å². The van der Waals surface area contributed by atoms with Gasteiger partial charge in [-0.15, -0.1) is 0 Å². The fraction of sp³-hybridized carbons (Fsp3) is 0.200. The summed E-state index contributed by atoms with van der Waals surface area (Å²) >= 11 is 3.12. The third kappa shape index (κ3) is 4.11. The lowest BCUT2D eigenvalue weighted by Gasteiger charge is -2.21. The maximum atomic E-state index is 14.9. The number of alkyl carbamates (subject to hydrolysis) is 1. The molecule has 9 heteroatoms. The molecule has 0 saturated heterocycles. The first kappa shape index (κ1) is 22.3. The summed E-state index contributed by atoms with van der Waals surface area (Å²) in [6, 6.07) is 16.3. The van der Waals surface area contributed by atoms with Crippen molar-refractivity contribution in [3.8, 4) is 5.75 Å². The molecule has 1 aliphatic heterocycles. The molecular formula is C25H20BrF2N3O3. The second-order valence-corrected chi connectivity index (χ2v) is 8.92. The van der Waals surface area contributed by atoms with E-state index in [1.807, 2.05) is 28.8 Å². The zero-order valence-corrected chi connectivity index (χ0v) is 19.7. The Balaban J connectivity index is 1.43. The number of aromatic nitrogens is 2. The molecule has 34 heavy (non-hydrogen) atoms. The highest BCUT2D eigenvalue weighted by molar-refractivity contribution is 9.10. The van der Waals surface area contributed by atoms with E-state index in [2.05, 4.69) is 26.2 Å². The number of hydrogen-bond donors (Lipinski definition) is 1. The van der Waals surface area contributed by atoms with Crippen LogP contribution in [0, 0.1) is 11.6 Å². The quantitative estimate of drug-likeness (QED) is 0.353. The molecule has 0 saturated carbocycles. The van der Waals surface area contributed by atoms with Crippen molar-refractivity contribution in [1.82, 2.24) is 14.9 Å². The van der Waals surface area contributed by atoms with Crippen LogP contribution in [0.4, 0.5) is 13.6 Å². The van der Waals surface area contributed by atoms with Gasteiger partial charge in [-0.2, -0.15) is 0 Å². The summed E-state index contributed by atoms with van der Waals surface area (Å²) in [7, 11) is 1.57. The third-order valence-electron chi connectivity index (χ3n) is 5.96. The van der Waals surface area contributed by atoms with Gasteiger partial charge in [-0.1, -0.05) is 40.2 Å². The van der Waals surface area contributed by atoms with Crippen LogP contribution < -0.4 is 10.1 Å². The predicted molar refractivity (Wildman–Crippen MR) is 126 cm³/mol. The molecule has 0 radical (unpaired) electrons. The molecule has 1 aromatic heterocycles. The van der Waals surface area contributed by atoms with Crippen molar-refractivity contribution in [2.75, 3.05) is 7.11 Å². The summed E-state index contributed by atoms with van der Waals surface area (Å²) in [6.07, 6.45) is -0.704. The Kier molecular flexibility index (Phi) is 5.95. The Labute approximate surface area is 202 Å². The standard InChI is InChI=1S/C25H20BrF2N3O3/c1-33-16-8-6-14(7-9-16)13-34-25(32)30-23-17(22-18(27)10-15(26)11-19(22)28)12-31-21-5-3-2-4-20(21)29-24(23)31/h2-11,17,23H,12-13H2,1H3,(H,30,32)/t17-,23-/m0/s1. The summed E-state index contributed by atoms with van der Waals surface area (Å²) in [4.78, 5) is 17.4. The normalized spacial score (nSPS) is 16.9. The van der Waals surface area contributed by atoms with Crippen LogP contribution in [0.25, 0.3) is 11.0 Å². The number of nitrogens with zero attached hydrogens (tertiary/aromatic N) is 2. The van der Waals surface area contributed by atoms with E-state index in [0.29, 0.717) is 16.0 Å². The van der Waals surface area contributed by atoms with Crippen LogP contribution in [0.1, 0.15) is 28.9 Å². The lowest BCUT2D eigenvalue weighted by Crippen LogP contribution is -2.32. The Morgan fingerprint density at radius 1 is 1.15 bits per heavy atom. The molecule has 6 nitrogen and oxygen atoms in total. The summed E-state index contributed by atoms with van der Waals surface area (Å²) in [5.41, 5.74) is 2.25. The molecule has 4 aromatic rings. The summed E-state index contributed by atoms with van der Waals surface area (Å²) in [6.45, 7) is 0.291. The van der Waals surface area contributed by atoms with Gasteiger partial charge >= 0.3 is 6.09 Å². The Morgan fingerprint density at radius 2 is 1.85 bits per heavy atom. The van der Waals surface area contributed by atoms with Crippen molar-refractivity contribution in [2.24, 2.45) is 0 Å². The third-order valence-corrected chi connectivity index (χ3v) is 6.42. The zero-order chi connectivity index (χ0) is 23.8. The monoisotopic (exact) mass is 527 g/mol. The number of nitrogens with one attached hydrogen (secondary N) is 1. The number of fused-ring (bicyclic) bond motifs is 3. The number of imidazole rings is 1. The number of para-hydroxylation sites is 2. The molecule has 174 valence electrons. The molecular weight excluding hydrogens is 508 g/mol. The molecule has 0 aliphatic carbocycles. The largest absolute Gasteiger partial charge is 0.497 e. The number of carbonyl (C=O) groups excluding carboxylic acids is 1. The van der Waals surface area contributed by atoms with E-state index in [-0.39, 0.29) is 18.7 Å². The Bertz CT molecular complexity index is 1350. The molecule has 0 fully saturated rings. The van der Waals surface area contributed by atoms with E-state index in [9.17, 15) is 13.6 Å². The number of halogens is 3. The number of hydrogen-bond acceptors (Lipinski definition) is 4. The smallest absolute Gasteiger partial charge is 0.408 e. The van der Waals surface area contributed by atoms with Crippen LogP contribution in [-0.2, 0) is 17.9 Å². The predicted octanol–water partition coefficient (Wildman–Crippen LogP) is 5.85. The molecule has 1 N–H and O–H groups in total. The van der Waals surface area contributed by atoms with Gasteiger partial charge in [-0.3, -0.25) is 0 Å². The molecule has 0 bridgehead atoms. The second kappa shape index (κ2) is 9.06. The van der Waals surface area contributed by atoms with E-state index in [1.165, 1.54) is 12.1 Å². The lowest BCUT2D eigenvalue weighted by molar-refractivity contribution is 0.134. The number of methoxy groups -OCH3 is 1. The van der Waals surface area contributed by atoms with Crippen molar-refractivity contribution in [2.45, 2.75) is 25.1 Å². The molecule has 1 aliphatic rings. The van der Waals surface area contributed by atoms with Crippen LogP contribution in [-0.4, -0.2) is 22.8 Å². The first-order chi connectivity index (χ1) is 16.4. The van der Waals surface area contributed by atoms with E-state index in [4.69, 9.17) is 9.47 Å². The highest BCUT2D eigenvalue weighted by Gasteiger charge is 2.40. The van der Waals surface area contributed by atoms with Gasteiger partial charge < -0.3 is 19.4 Å². The number of rotatable bonds is 5. The zero-order valence-electron chi connectivity index (χ0n) is 18.1. The summed E-state index contributed by atoms with van der Waals surface area (Å²) < 4.78 is 42.5. The van der Waals surface area contributed by atoms with Crippen molar-refractivity contribution in [1.29, 1.82) is 0 Å². The summed E-state index contributed by atoms with van der Waals surface area (Å²) in [5, 5.41) is 2.79. The van der Waals surface area contributed by atoms with Gasteiger partial charge in [0.25, 0.3) is 0 Å². The van der Waals surface area contributed by atoms with E-state index >= 15 is 0 Å².